The summed E-state index contributed by atoms with van der Waals surface area (Å²) in [6, 6.07) is 7.43. The predicted molar refractivity (Wildman–Crippen MR) is 106 cm³/mol. The maximum atomic E-state index is 13.4. The normalized spacial score (nSPS) is 20.6. The van der Waals surface area contributed by atoms with Crippen molar-refractivity contribution in [2.75, 3.05) is 20.2 Å². The predicted octanol–water partition coefficient (Wildman–Crippen LogP) is 3.02. The molecule has 28 heavy (non-hydrogen) atoms. The number of unbranched alkanes of at least 4 members (excludes halogenated alkanes) is 1. The van der Waals surface area contributed by atoms with E-state index in [0.717, 1.165) is 50.5 Å². The van der Waals surface area contributed by atoms with Gasteiger partial charge in [-0.15, -0.1) is 0 Å². The Labute approximate surface area is 166 Å². The highest BCUT2D eigenvalue weighted by Crippen LogP contribution is 2.49. The third kappa shape index (κ3) is 3.64. The van der Waals surface area contributed by atoms with E-state index in [9.17, 15) is 14.4 Å². The number of carbonyl (C=O) groups excluding carboxylic acids is 3. The van der Waals surface area contributed by atoms with E-state index < -0.39 is 17.4 Å². The smallest absolute Gasteiger partial charge is 0.325 e. The number of methoxy groups -OCH3 is 1. The molecule has 6 nitrogen and oxygen atoms in total. The van der Waals surface area contributed by atoms with Gasteiger partial charge in [0, 0.05) is 12.1 Å². The zero-order valence-corrected chi connectivity index (χ0v) is 16.8. The lowest BCUT2D eigenvalue weighted by Gasteiger charge is -2.53. The van der Waals surface area contributed by atoms with Crippen molar-refractivity contribution in [1.82, 2.24) is 10.2 Å². The molecule has 1 spiro atoms. The van der Waals surface area contributed by atoms with Crippen molar-refractivity contribution in [3.63, 3.8) is 0 Å². The molecule has 0 aromatic heterocycles. The van der Waals surface area contributed by atoms with Crippen LogP contribution < -0.4 is 5.32 Å². The fraction of sp³-hybridized carbons (Fsp3) is 0.591. The zero-order chi connectivity index (χ0) is 20.1. The highest BCUT2D eigenvalue weighted by atomic mass is 16.5. The molecule has 6 heteroatoms. The fourth-order valence-corrected chi connectivity index (χ4v) is 4.82. The Hall–Kier alpha value is -2.37. The zero-order valence-electron chi connectivity index (χ0n) is 16.8. The summed E-state index contributed by atoms with van der Waals surface area (Å²) in [5.41, 5.74) is 0.872. The van der Waals surface area contributed by atoms with Crippen LogP contribution >= 0.6 is 0 Å². The average Bonchev–Trinajstić information content (AvgIpc) is 2.72. The Kier molecular flexibility index (Phi) is 6.37. The quantitative estimate of drug-likeness (QED) is 0.763. The number of amides is 2. The molecule has 1 aromatic rings. The third-order valence-electron chi connectivity index (χ3n) is 6.17. The van der Waals surface area contributed by atoms with Gasteiger partial charge >= 0.3 is 5.97 Å². The van der Waals surface area contributed by atoms with Crippen LogP contribution in [0.5, 0.6) is 0 Å². The molecule has 2 aliphatic rings. The van der Waals surface area contributed by atoms with Crippen molar-refractivity contribution >= 4 is 17.8 Å². The SMILES string of the molecule is CCCCN1C(=O)c2ccccc2[C@H](C(=O)NCC(=O)OC)C12CCCCC2. The van der Waals surface area contributed by atoms with Crippen molar-refractivity contribution < 1.29 is 19.1 Å². The van der Waals surface area contributed by atoms with Gasteiger partial charge in [0.1, 0.15) is 6.54 Å². The van der Waals surface area contributed by atoms with Gasteiger partial charge in [0.05, 0.1) is 18.6 Å². The van der Waals surface area contributed by atoms with Crippen LogP contribution in [-0.2, 0) is 14.3 Å². The summed E-state index contributed by atoms with van der Waals surface area (Å²) in [6.07, 6.45) is 6.64. The number of esters is 1. The average molecular weight is 386 g/mol. The van der Waals surface area contributed by atoms with Crippen LogP contribution in [0.4, 0.5) is 0 Å². The molecular weight excluding hydrogens is 356 g/mol. The number of hydrogen-bond acceptors (Lipinski definition) is 4. The minimum Gasteiger partial charge on any atom is -0.468 e. The van der Waals surface area contributed by atoms with Gasteiger partial charge in [-0.05, 0) is 30.9 Å². The molecule has 152 valence electrons. The summed E-state index contributed by atoms with van der Waals surface area (Å²) in [5.74, 6) is -1.12. The minimum absolute atomic E-state index is 0.0305. The Morgan fingerprint density at radius 1 is 1.21 bits per heavy atom. The number of carbonyl (C=O) groups is 3. The molecule has 0 radical (unpaired) electrons. The molecular formula is C22H30N2O4. The van der Waals surface area contributed by atoms with Crippen LogP contribution in [0.15, 0.2) is 24.3 Å². The molecule has 0 unspecified atom stereocenters. The largest absolute Gasteiger partial charge is 0.468 e. The van der Waals surface area contributed by atoms with Crippen LogP contribution in [-0.4, -0.2) is 48.4 Å². The Balaban J connectivity index is 2.05. The topological polar surface area (TPSA) is 75.7 Å². The van der Waals surface area contributed by atoms with E-state index in [1.807, 2.05) is 29.2 Å². The van der Waals surface area contributed by atoms with Gasteiger partial charge in [0.2, 0.25) is 5.91 Å². The van der Waals surface area contributed by atoms with Gasteiger partial charge in [-0.3, -0.25) is 14.4 Å². The molecule has 1 atom stereocenters. The Morgan fingerprint density at radius 3 is 2.61 bits per heavy atom. The van der Waals surface area contributed by atoms with Crippen LogP contribution in [0.25, 0.3) is 0 Å². The highest BCUT2D eigenvalue weighted by molar-refractivity contribution is 6.02. The van der Waals surface area contributed by atoms with Crippen molar-refractivity contribution in [2.45, 2.75) is 63.3 Å². The standard InChI is InChI=1S/C22H30N2O4/c1-3-4-14-24-21(27)17-11-7-6-10-16(17)19(20(26)23-15-18(25)28-2)22(24)12-8-5-9-13-22/h6-7,10-11,19H,3-5,8-9,12-15H2,1-2H3,(H,23,26)/t19-/m1/s1. The molecule has 1 aliphatic heterocycles. The van der Waals surface area contributed by atoms with Crippen molar-refractivity contribution in [3.05, 3.63) is 35.4 Å². The van der Waals surface area contributed by atoms with Crippen LogP contribution in [0.3, 0.4) is 0 Å². The summed E-state index contributed by atoms with van der Waals surface area (Å²) < 4.78 is 4.67. The lowest BCUT2D eigenvalue weighted by Crippen LogP contribution is -2.63. The van der Waals surface area contributed by atoms with Crippen LogP contribution in [0.1, 0.15) is 73.7 Å². The number of nitrogens with one attached hydrogen (secondary N) is 1. The molecule has 0 bridgehead atoms. The van der Waals surface area contributed by atoms with Crippen LogP contribution in [0.2, 0.25) is 0 Å². The van der Waals surface area contributed by atoms with E-state index in [-0.39, 0.29) is 18.4 Å². The maximum absolute atomic E-state index is 13.4. The number of fused-ring (bicyclic) bond motifs is 1. The van der Waals surface area contributed by atoms with E-state index in [4.69, 9.17) is 0 Å². The van der Waals surface area contributed by atoms with E-state index >= 15 is 0 Å². The summed E-state index contributed by atoms with van der Waals surface area (Å²) in [4.78, 5) is 40.3. The second-order valence-corrected chi connectivity index (χ2v) is 7.79. The molecule has 1 saturated carbocycles. The van der Waals surface area contributed by atoms with Gasteiger partial charge in [0.25, 0.3) is 5.91 Å². The molecule has 3 rings (SSSR count). The molecule has 1 aromatic carbocycles. The summed E-state index contributed by atoms with van der Waals surface area (Å²) in [7, 11) is 1.30. The van der Waals surface area contributed by atoms with E-state index in [1.54, 1.807) is 0 Å². The third-order valence-corrected chi connectivity index (χ3v) is 6.17. The molecule has 1 aliphatic carbocycles. The van der Waals surface area contributed by atoms with E-state index in [0.29, 0.717) is 12.1 Å². The van der Waals surface area contributed by atoms with Gasteiger partial charge < -0.3 is 15.0 Å². The second kappa shape index (κ2) is 8.76. The molecule has 1 heterocycles. The van der Waals surface area contributed by atoms with Gasteiger partial charge in [-0.25, -0.2) is 0 Å². The molecule has 0 saturated heterocycles. The maximum Gasteiger partial charge on any atom is 0.325 e. The van der Waals surface area contributed by atoms with E-state index in [1.165, 1.54) is 7.11 Å². The van der Waals surface area contributed by atoms with E-state index in [2.05, 4.69) is 17.0 Å². The number of nitrogens with zero attached hydrogens (tertiary/aromatic N) is 1. The Morgan fingerprint density at radius 2 is 1.93 bits per heavy atom. The van der Waals surface area contributed by atoms with Gasteiger partial charge in [-0.1, -0.05) is 50.8 Å². The van der Waals surface area contributed by atoms with Crippen molar-refractivity contribution in [1.29, 1.82) is 0 Å². The summed E-state index contributed by atoms with van der Waals surface area (Å²) >= 11 is 0. The second-order valence-electron chi connectivity index (χ2n) is 7.79. The lowest BCUT2D eigenvalue weighted by atomic mass is 9.65. The minimum atomic E-state index is -0.515. The molecule has 1 fully saturated rings. The number of rotatable bonds is 6. The first-order valence-electron chi connectivity index (χ1n) is 10.3. The molecule has 1 N–H and O–H groups in total. The fourth-order valence-electron chi connectivity index (χ4n) is 4.82. The number of ether oxygens (including phenoxy) is 1. The van der Waals surface area contributed by atoms with Crippen molar-refractivity contribution in [3.8, 4) is 0 Å². The first kappa shape index (κ1) is 20.4. The Bertz CT molecular complexity index is 740. The van der Waals surface area contributed by atoms with Gasteiger partial charge in [0.15, 0.2) is 0 Å². The first-order chi connectivity index (χ1) is 13.5. The summed E-state index contributed by atoms with van der Waals surface area (Å²) in [5, 5.41) is 2.76. The first-order valence-corrected chi connectivity index (χ1v) is 10.3. The summed E-state index contributed by atoms with van der Waals surface area (Å²) in [6.45, 7) is 2.61. The lowest BCUT2D eigenvalue weighted by molar-refractivity contribution is -0.142. The monoisotopic (exact) mass is 386 g/mol. The molecule has 2 amide bonds. The van der Waals surface area contributed by atoms with Crippen LogP contribution in [0, 0.1) is 0 Å². The van der Waals surface area contributed by atoms with Gasteiger partial charge in [-0.2, -0.15) is 0 Å². The van der Waals surface area contributed by atoms with Crippen molar-refractivity contribution in [2.24, 2.45) is 0 Å². The highest BCUT2D eigenvalue weighted by Gasteiger charge is 2.54. The number of benzene rings is 1. The number of hydrogen-bond donors (Lipinski definition) is 1.